The summed E-state index contributed by atoms with van der Waals surface area (Å²) in [6.45, 7) is 5.27. The molecule has 3 aromatic rings. The third-order valence-electron chi connectivity index (χ3n) is 6.97. The smallest absolute Gasteiger partial charge is 0.270 e. The topological polar surface area (TPSA) is 48.8 Å². The summed E-state index contributed by atoms with van der Waals surface area (Å²) in [5.41, 5.74) is 2.75. The normalized spacial score (nSPS) is 18.2. The highest BCUT2D eigenvalue weighted by Crippen LogP contribution is 2.30. The zero-order valence-corrected chi connectivity index (χ0v) is 20.4. The van der Waals surface area contributed by atoms with Gasteiger partial charge in [-0.1, -0.05) is 29.8 Å². The number of hydrogen-bond donors (Lipinski definition) is 0. The first-order valence-corrected chi connectivity index (χ1v) is 12.8. The fourth-order valence-electron chi connectivity index (χ4n) is 4.90. The summed E-state index contributed by atoms with van der Waals surface area (Å²) in [5.74, 6) is 0.324. The van der Waals surface area contributed by atoms with Crippen molar-refractivity contribution < 1.29 is 9.59 Å². The lowest BCUT2D eigenvalue weighted by Gasteiger charge is -2.37. The number of rotatable bonds is 4. The number of halogens is 1. The van der Waals surface area contributed by atoms with Crippen molar-refractivity contribution in [3.05, 3.63) is 58.1 Å². The Bertz CT molecular complexity index is 1160. The molecule has 0 unspecified atom stereocenters. The van der Waals surface area contributed by atoms with E-state index >= 15 is 0 Å². The number of nitrogens with zero attached hydrogens (tertiary/aromatic N) is 4. The minimum Gasteiger partial charge on any atom is -0.340 e. The summed E-state index contributed by atoms with van der Waals surface area (Å²) < 4.78 is 3.18. The van der Waals surface area contributed by atoms with E-state index in [4.69, 9.17) is 11.6 Å². The number of likely N-dealkylation sites (tertiary alicyclic amines) is 1. The van der Waals surface area contributed by atoms with Crippen LogP contribution in [-0.4, -0.2) is 77.4 Å². The lowest BCUT2D eigenvalue weighted by atomic mass is 9.94. The number of piperidine rings is 1. The lowest BCUT2D eigenvalue weighted by molar-refractivity contribution is -0.138. The number of piperazine rings is 1. The Morgan fingerprint density at radius 3 is 2.45 bits per heavy atom. The molecule has 174 valence electrons. The summed E-state index contributed by atoms with van der Waals surface area (Å²) in [5, 5.41) is 2.76. The van der Waals surface area contributed by atoms with Crippen molar-refractivity contribution >= 4 is 45.0 Å². The first kappa shape index (κ1) is 22.4. The molecule has 0 atom stereocenters. The summed E-state index contributed by atoms with van der Waals surface area (Å²) in [7, 11) is 2.09. The Hall–Kier alpha value is -2.35. The summed E-state index contributed by atoms with van der Waals surface area (Å²) in [6, 6.07) is 11.8. The third kappa shape index (κ3) is 4.54. The molecule has 0 aliphatic carbocycles. The van der Waals surface area contributed by atoms with Gasteiger partial charge < -0.3 is 19.3 Å². The van der Waals surface area contributed by atoms with E-state index in [-0.39, 0.29) is 17.7 Å². The SMILES string of the molecule is CN1CCN(C(=O)C2CCN(C(=O)c3cc4sccc4n3Cc3ccccc3Cl)CC2)CC1. The molecule has 0 bridgehead atoms. The fourth-order valence-corrected chi connectivity index (χ4v) is 5.92. The summed E-state index contributed by atoms with van der Waals surface area (Å²) >= 11 is 8.06. The molecule has 0 saturated carbocycles. The second kappa shape index (κ2) is 9.49. The van der Waals surface area contributed by atoms with Crippen LogP contribution in [0.2, 0.25) is 5.02 Å². The van der Waals surface area contributed by atoms with Crippen LogP contribution in [0.25, 0.3) is 10.2 Å². The molecule has 8 heteroatoms. The van der Waals surface area contributed by atoms with Crippen LogP contribution in [-0.2, 0) is 11.3 Å². The summed E-state index contributed by atoms with van der Waals surface area (Å²) in [6.07, 6.45) is 1.47. The van der Waals surface area contributed by atoms with E-state index in [1.54, 1.807) is 11.3 Å². The predicted octanol–water partition coefficient (Wildman–Crippen LogP) is 4.03. The van der Waals surface area contributed by atoms with Gasteiger partial charge >= 0.3 is 0 Å². The maximum Gasteiger partial charge on any atom is 0.270 e. The highest BCUT2D eigenvalue weighted by Gasteiger charge is 2.32. The molecule has 2 aliphatic heterocycles. The molecule has 0 spiro atoms. The number of carbonyl (C=O) groups excluding carboxylic acids is 2. The highest BCUT2D eigenvalue weighted by molar-refractivity contribution is 7.17. The van der Waals surface area contributed by atoms with E-state index in [9.17, 15) is 9.59 Å². The molecule has 2 fully saturated rings. The Morgan fingerprint density at radius 1 is 1.00 bits per heavy atom. The zero-order chi connectivity index (χ0) is 22.9. The van der Waals surface area contributed by atoms with Crippen molar-refractivity contribution in [2.24, 2.45) is 5.92 Å². The number of amides is 2. The number of carbonyl (C=O) groups is 2. The van der Waals surface area contributed by atoms with Gasteiger partial charge in [0.15, 0.2) is 0 Å². The van der Waals surface area contributed by atoms with Gasteiger partial charge in [-0.05, 0) is 49.0 Å². The van der Waals surface area contributed by atoms with E-state index in [1.165, 1.54) is 0 Å². The number of thiophene rings is 1. The van der Waals surface area contributed by atoms with Crippen molar-refractivity contribution in [1.29, 1.82) is 0 Å². The maximum atomic E-state index is 13.6. The zero-order valence-electron chi connectivity index (χ0n) is 18.9. The quantitative estimate of drug-likeness (QED) is 0.561. The van der Waals surface area contributed by atoms with Crippen LogP contribution in [0.4, 0.5) is 0 Å². The van der Waals surface area contributed by atoms with Gasteiger partial charge in [0, 0.05) is 56.8 Å². The highest BCUT2D eigenvalue weighted by atomic mass is 35.5. The van der Waals surface area contributed by atoms with Crippen LogP contribution in [0.15, 0.2) is 41.8 Å². The first-order chi connectivity index (χ1) is 16.0. The first-order valence-electron chi connectivity index (χ1n) is 11.6. The second-order valence-electron chi connectivity index (χ2n) is 9.07. The fraction of sp³-hybridized carbons (Fsp3) is 0.440. The molecular weight excluding hydrogens is 456 g/mol. The Kier molecular flexibility index (Phi) is 6.45. The van der Waals surface area contributed by atoms with E-state index in [1.807, 2.05) is 40.1 Å². The second-order valence-corrected chi connectivity index (χ2v) is 10.4. The van der Waals surface area contributed by atoms with Crippen molar-refractivity contribution in [3.8, 4) is 0 Å². The molecule has 4 heterocycles. The average molecular weight is 485 g/mol. The predicted molar refractivity (Wildman–Crippen MR) is 133 cm³/mol. The van der Waals surface area contributed by atoms with Crippen LogP contribution in [0, 0.1) is 5.92 Å². The number of aromatic nitrogens is 1. The van der Waals surface area contributed by atoms with Crippen LogP contribution in [0.3, 0.4) is 0 Å². The number of likely N-dealkylation sites (N-methyl/N-ethyl adjacent to an activating group) is 1. The molecule has 5 rings (SSSR count). The van der Waals surface area contributed by atoms with Gasteiger partial charge in [-0.15, -0.1) is 11.3 Å². The van der Waals surface area contributed by atoms with Crippen LogP contribution < -0.4 is 0 Å². The van der Waals surface area contributed by atoms with E-state index in [0.29, 0.717) is 30.4 Å². The Balaban J connectivity index is 1.29. The third-order valence-corrected chi connectivity index (χ3v) is 8.20. The minimum absolute atomic E-state index is 0.0239. The number of fused-ring (bicyclic) bond motifs is 1. The standard InChI is InChI=1S/C25H29ClN4O2S/c1-27-11-13-29(14-12-27)24(31)18-6-9-28(10-7-18)25(32)22-16-23-21(8-15-33-23)30(22)17-19-4-2-3-5-20(19)26/h2-5,8,15-16,18H,6-7,9-14,17H2,1H3. The monoisotopic (exact) mass is 484 g/mol. The molecule has 2 amide bonds. The molecule has 33 heavy (non-hydrogen) atoms. The van der Waals surface area contributed by atoms with Crippen LogP contribution >= 0.6 is 22.9 Å². The Labute approximate surface area is 203 Å². The molecular formula is C25H29ClN4O2S. The van der Waals surface area contributed by atoms with Gasteiger partial charge in [0.1, 0.15) is 5.69 Å². The van der Waals surface area contributed by atoms with Gasteiger partial charge in [0.05, 0.1) is 10.2 Å². The van der Waals surface area contributed by atoms with E-state index in [0.717, 1.165) is 54.8 Å². The average Bonchev–Trinajstić information content (AvgIpc) is 3.43. The molecule has 0 N–H and O–H groups in total. The molecule has 2 saturated heterocycles. The van der Waals surface area contributed by atoms with Gasteiger partial charge in [-0.25, -0.2) is 0 Å². The maximum absolute atomic E-state index is 13.6. The van der Waals surface area contributed by atoms with Gasteiger partial charge in [0.25, 0.3) is 5.91 Å². The van der Waals surface area contributed by atoms with Crippen molar-refractivity contribution in [1.82, 2.24) is 19.3 Å². The van der Waals surface area contributed by atoms with E-state index < -0.39 is 0 Å². The van der Waals surface area contributed by atoms with Crippen molar-refractivity contribution in [2.75, 3.05) is 46.3 Å². The van der Waals surface area contributed by atoms with Crippen LogP contribution in [0.5, 0.6) is 0 Å². The van der Waals surface area contributed by atoms with E-state index in [2.05, 4.69) is 28.0 Å². The number of hydrogen-bond acceptors (Lipinski definition) is 4. The molecule has 0 radical (unpaired) electrons. The lowest BCUT2D eigenvalue weighted by Crippen LogP contribution is -2.51. The molecule has 1 aromatic carbocycles. The van der Waals surface area contributed by atoms with Gasteiger partial charge in [0.2, 0.25) is 5.91 Å². The molecule has 6 nitrogen and oxygen atoms in total. The minimum atomic E-state index is 0.0239. The van der Waals surface area contributed by atoms with Gasteiger partial charge in [-0.2, -0.15) is 0 Å². The van der Waals surface area contributed by atoms with Crippen molar-refractivity contribution in [3.63, 3.8) is 0 Å². The summed E-state index contributed by atoms with van der Waals surface area (Å²) in [4.78, 5) is 32.7. The van der Waals surface area contributed by atoms with Gasteiger partial charge in [-0.3, -0.25) is 9.59 Å². The molecule has 2 aromatic heterocycles. The largest absolute Gasteiger partial charge is 0.340 e. The molecule has 2 aliphatic rings. The Morgan fingerprint density at radius 2 is 1.73 bits per heavy atom. The number of benzene rings is 1. The van der Waals surface area contributed by atoms with Crippen molar-refractivity contribution in [2.45, 2.75) is 19.4 Å². The van der Waals surface area contributed by atoms with Crippen LogP contribution in [0.1, 0.15) is 28.9 Å².